The highest BCUT2D eigenvalue weighted by Crippen LogP contribution is 2.28. The van der Waals surface area contributed by atoms with Crippen LogP contribution in [-0.2, 0) is 9.59 Å². The van der Waals surface area contributed by atoms with Gasteiger partial charge in [0.25, 0.3) is 0 Å². The molecule has 0 saturated carbocycles. The molecule has 1 aromatic carbocycles. The fraction of sp³-hybridized carbons (Fsp3) is 0.231. The fourth-order valence-electron chi connectivity index (χ4n) is 2.30. The molecule has 7 nitrogen and oxygen atoms in total. The maximum Gasteiger partial charge on any atom is 0.232 e. The number of rotatable bonds is 3. The highest BCUT2D eigenvalue weighted by Gasteiger charge is 2.36. The molecule has 1 aliphatic heterocycles. The number of carbonyl (C=O) groups is 2. The molecule has 1 fully saturated rings. The van der Waals surface area contributed by atoms with Crippen LogP contribution in [0.15, 0.2) is 24.5 Å². The first-order chi connectivity index (χ1) is 10.5. The van der Waals surface area contributed by atoms with Gasteiger partial charge in [0.05, 0.1) is 11.6 Å². The molecule has 3 rings (SSSR count). The van der Waals surface area contributed by atoms with Crippen molar-refractivity contribution in [2.45, 2.75) is 6.42 Å². The van der Waals surface area contributed by atoms with Crippen LogP contribution >= 0.6 is 0 Å². The Balaban J connectivity index is 1.74. The van der Waals surface area contributed by atoms with Gasteiger partial charge >= 0.3 is 0 Å². The third-order valence-corrected chi connectivity index (χ3v) is 3.35. The van der Waals surface area contributed by atoms with Crippen molar-refractivity contribution in [3.05, 3.63) is 36.2 Å². The van der Waals surface area contributed by atoms with Crippen molar-refractivity contribution in [1.82, 2.24) is 15.2 Å². The lowest BCUT2D eigenvalue weighted by Crippen LogP contribution is -2.29. The maximum absolute atomic E-state index is 13.8. The molecule has 0 radical (unpaired) electrons. The lowest BCUT2D eigenvalue weighted by Gasteiger charge is -2.17. The minimum Gasteiger partial charge on any atom is -0.309 e. The van der Waals surface area contributed by atoms with Crippen LogP contribution in [-0.4, -0.2) is 33.5 Å². The number of aromatic nitrogens is 3. The van der Waals surface area contributed by atoms with Crippen LogP contribution in [0.4, 0.5) is 20.4 Å². The molecule has 9 heteroatoms. The average molecular weight is 307 g/mol. The largest absolute Gasteiger partial charge is 0.309 e. The van der Waals surface area contributed by atoms with Gasteiger partial charge in [0.1, 0.15) is 18.0 Å². The van der Waals surface area contributed by atoms with E-state index in [1.807, 2.05) is 0 Å². The molecule has 2 amide bonds. The van der Waals surface area contributed by atoms with Crippen molar-refractivity contribution < 1.29 is 18.4 Å². The average Bonchev–Trinajstić information content (AvgIpc) is 3.09. The third kappa shape index (κ3) is 2.65. The molecular weight excluding hydrogens is 296 g/mol. The second-order valence-electron chi connectivity index (χ2n) is 4.82. The number of nitrogens with one attached hydrogen (secondary N) is 2. The van der Waals surface area contributed by atoms with E-state index in [1.54, 1.807) is 0 Å². The fourth-order valence-corrected chi connectivity index (χ4v) is 2.30. The van der Waals surface area contributed by atoms with Crippen molar-refractivity contribution in [3.63, 3.8) is 0 Å². The molecule has 1 aromatic heterocycles. The summed E-state index contributed by atoms with van der Waals surface area (Å²) in [5, 5.41) is 8.53. The number of nitrogens with zero attached hydrogens (tertiary/aromatic N) is 3. The van der Waals surface area contributed by atoms with Gasteiger partial charge in [-0.05, 0) is 12.1 Å². The van der Waals surface area contributed by atoms with E-state index in [4.69, 9.17) is 0 Å². The number of carbonyl (C=O) groups excluding carboxylic acids is 2. The Kier molecular flexibility index (Phi) is 3.53. The van der Waals surface area contributed by atoms with Gasteiger partial charge in [-0.15, -0.1) is 0 Å². The lowest BCUT2D eigenvalue weighted by molar-refractivity contribution is -0.122. The highest BCUT2D eigenvalue weighted by atomic mass is 19.1. The summed E-state index contributed by atoms with van der Waals surface area (Å²) in [6.07, 6.45) is 1.17. The maximum atomic E-state index is 13.8. The van der Waals surface area contributed by atoms with Gasteiger partial charge in [0, 0.05) is 19.0 Å². The first-order valence-electron chi connectivity index (χ1n) is 6.46. The zero-order valence-electron chi connectivity index (χ0n) is 11.2. The molecule has 2 aromatic rings. The Hall–Kier alpha value is -2.84. The van der Waals surface area contributed by atoms with Crippen LogP contribution in [0.1, 0.15) is 6.42 Å². The summed E-state index contributed by atoms with van der Waals surface area (Å²) in [5.74, 6) is -2.87. The summed E-state index contributed by atoms with van der Waals surface area (Å²) < 4.78 is 26.7. The Morgan fingerprint density at radius 1 is 1.41 bits per heavy atom. The van der Waals surface area contributed by atoms with Crippen LogP contribution in [0.25, 0.3) is 0 Å². The Bertz CT molecular complexity index is 719. The van der Waals surface area contributed by atoms with E-state index in [2.05, 4.69) is 20.5 Å². The molecule has 0 bridgehead atoms. The number of hydrogen-bond acceptors (Lipinski definition) is 4. The van der Waals surface area contributed by atoms with E-state index in [0.717, 1.165) is 11.0 Å². The summed E-state index contributed by atoms with van der Waals surface area (Å²) in [7, 11) is 0. The van der Waals surface area contributed by atoms with Gasteiger partial charge in [-0.25, -0.2) is 13.9 Å². The number of anilines is 2. The van der Waals surface area contributed by atoms with Crippen molar-refractivity contribution >= 4 is 23.5 Å². The minimum absolute atomic E-state index is 0.0152. The SMILES string of the molecule is O=C(Nc1ncn[nH]1)[C@H]1CC(=O)N(c2ccc(F)cc2F)C1. The molecule has 0 aliphatic carbocycles. The molecule has 1 atom stereocenters. The summed E-state index contributed by atoms with van der Waals surface area (Å²) >= 11 is 0. The molecule has 22 heavy (non-hydrogen) atoms. The number of benzene rings is 1. The first-order valence-corrected chi connectivity index (χ1v) is 6.46. The number of halogens is 2. The van der Waals surface area contributed by atoms with Gasteiger partial charge in [-0.3, -0.25) is 14.9 Å². The van der Waals surface area contributed by atoms with Gasteiger partial charge in [0.15, 0.2) is 0 Å². The highest BCUT2D eigenvalue weighted by molar-refractivity contribution is 6.03. The molecule has 2 N–H and O–H groups in total. The van der Waals surface area contributed by atoms with Gasteiger partial charge in [-0.1, -0.05) is 0 Å². The summed E-state index contributed by atoms with van der Waals surface area (Å²) in [6, 6.07) is 2.94. The zero-order chi connectivity index (χ0) is 15.7. The minimum atomic E-state index is -0.843. The smallest absolute Gasteiger partial charge is 0.232 e. The summed E-state index contributed by atoms with van der Waals surface area (Å²) in [4.78, 5) is 28.9. The van der Waals surface area contributed by atoms with Crippen molar-refractivity contribution in [2.24, 2.45) is 5.92 Å². The number of hydrogen-bond donors (Lipinski definition) is 2. The summed E-state index contributed by atoms with van der Waals surface area (Å²) in [5.41, 5.74) is -0.0404. The molecule has 1 saturated heterocycles. The predicted octanol–water partition coefficient (Wildman–Crippen LogP) is 1.07. The molecular formula is C13H11F2N5O2. The molecule has 114 valence electrons. The van der Waals surface area contributed by atoms with E-state index in [9.17, 15) is 18.4 Å². The van der Waals surface area contributed by atoms with Crippen molar-refractivity contribution in [3.8, 4) is 0 Å². The first kappa shape index (κ1) is 14.1. The second-order valence-corrected chi connectivity index (χ2v) is 4.82. The van der Waals surface area contributed by atoms with E-state index in [0.29, 0.717) is 6.07 Å². The van der Waals surface area contributed by atoms with Crippen molar-refractivity contribution in [2.75, 3.05) is 16.8 Å². The van der Waals surface area contributed by atoms with Crippen molar-refractivity contribution in [1.29, 1.82) is 0 Å². The monoisotopic (exact) mass is 307 g/mol. The molecule has 1 aliphatic rings. The van der Waals surface area contributed by atoms with Crippen LogP contribution in [0, 0.1) is 17.6 Å². The predicted molar refractivity (Wildman–Crippen MR) is 71.8 cm³/mol. The summed E-state index contributed by atoms with van der Waals surface area (Å²) in [6.45, 7) is 0.0152. The normalized spacial score (nSPS) is 17.8. The molecule has 0 unspecified atom stereocenters. The van der Waals surface area contributed by atoms with Crippen LogP contribution in [0.2, 0.25) is 0 Å². The van der Waals surface area contributed by atoms with Crippen LogP contribution in [0.5, 0.6) is 0 Å². The number of aromatic amines is 1. The topological polar surface area (TPSA) is 91.0 Å². The van der Waals surface area contributed by atoms with E-state index < -0.39 is 29.4 Å². The van der Waals surface area contributed by atoms with E-state index >= 15 is 0 Å². The van der Waals surface area contributed by atoms with Crippen LogP contribution < -0.4 is 10.2 Å². The Morgan fingerprint density at radius 3 is 2.91 bits per heavy atom. The number of H-pyrrole nitrogens is 1. The standard InChI is InChI=1S/C13H11F2N5O2/c14-8-1-2-10(9(15)4-8)20-5-7(3-11(20)21)12(22)18-13-16-6-17-19-13/h1-2,4,6-7H,3,5H2,(H2,16,17,18,19,22)/t7-/m0/s1. The molecule has 0 spiro atoms. The Morgan fingerprint density at radius 2 is 2.23 bits per heavy atom. The number of amides is 2. The van der Waals surface area contributed by atoms with Crippen LogP contribution in [0.3, 0.4) is 0 Å². The van der Waals surface area contributed by atoms with Gasteiger partial charge < -0.3 is 4.90 Å². The third-order valence-electron chi connectivity index (χ3n) is 3.35. The van der Waals surface area contributed by atoms with Gasteiger partial charge in [-0.2, -0.15) is 10.1 Å². The Labute approximate surface area is 123 Å². The van der Waals surface area contributed by atoms with E-state index in [1.165, 1.54) is 12.4 Å². The molecule has 2 heterocycles. The second kappa shape index (κ2) is 5.51. The lowest BCUT2D eigenvalue weighted by atomic mass is 10.1. The quantitative estimate of drug-likeness (QED) is 0.887. The zero-order valence-corrected chi connectivity index (χ0v) is 11.2. The van der Waals surface area contributed by atoms with Gasteiger partial charge in [0.2, 0.25) is 17.8 Å². The van der Waals surface area contributed by atoms with E-state index in [-0.39, 0.29) is 24.6 Å².